The summed E-state index contributed by atoms with van der Waals surface area (Å²) in [6.45, 7) is 6.47. The summed E-state index contributed by atoms with van der Waals surface area (Å²) in [4.78, 5) is 16.1. The number of oxazole rings is 1. The number of hydrogen-bond donors (Lipinski definition) is 1. The highest BCUT2D eigenvalue weighted by Crippen LogP contribution is 2.33. The van der Waals surface area contributed by atoms with E-state index in [4.69, 9.17) is 13.9 Å². The number of benzene rings is 1. The Kier molecular flexibility index (Phi) is 4.57. The van der Waals surface area contributed by atoms with Crippen LogP contribution < -0.4 is 5.32 Å². The summed E-state index contributed by atoms with van der Waals surface area (Å²) in [5.41, 5.74) is 3.60. The van der Waals surface area contributed by atoms with Gasteiger partial charge in [-0.25, -0.2) is 9.78 Å². The number of carbonyl (C=O) groups is 1. The van der Waals surface area contributed by atoms with E-state index < -0.39 is 11.7 Å². The smallest absolute Gasteiger partial charge is 0.407 e. The molecule has 3 rings (SSSR count). The Morgan fingerprint density at radius 3 is 2.96 bits per heavy atom. The number of aromatic nitrogens is 1. The molecule has 0 spiro atoms. The van der Waals surface area contributed by atoms with Gasteiger partial charge in [-0.2, -0.15) is 0 Å². The van der Waals surface area contributed by atoms with Gasteiger partial charge in [0.15, 0.2) is 6.39 Å². The van der Waals surface area contributed by atoms with Crippen LogP contribution in [0.1, 0.15) is 38.0 Å². The van der Waals surface area contributed by atoms with E-state index in [0.717, 1.165) is 23.2 Å². The molecule has 1 aliphatic rings. The van der Waals surface area contributed by atoms with Crippen LogP contribution in [0.15, 0.2) is 35.3 Å². The van der Waals surface area contributed by atoms with Crippen molar-refractivity contribution in [2.75, 3.05) is 13.2 Å². The molecule has 2 aromatic rings. The minimum Gasteiger partial charge on any atom is -0.451 e. The van der Waals surface area contributed by atoms with Crippen LogP contribution in [-0.2, 0) is 15.9 Å². The van der Waals surface area contributed by atoms with Crippen molar-refractivity contribution >= 4 is 6.09 Å². The molecule has 6 nitrogen and oxygen atoms in total. The lowest BCUT2D eigenvalue weighted by molar-refractivity contribution is 0.0289. The molecule has 0 radical (unpaired) electrons. The fraction of sp³-hybridized carbons (Fsp3) is 0.444. The topological polar surface area (TPSA) is 73.6 Å². The molecule has 128 valence electrons. The maximum Gasteiger partial charge on any atom is 0.407 e. The van der Waals surface area contributed by atoms with Crippen molar-refractivity contribution in [2.24, 2.45) is 0 Å². The lowest BCUT2D eigenvalue weighted by Gasteiger charge is -2.28. The Morgan fingerprint density at radius 1 is 1.42 bits per heavy atom. The van der Waals surface area contributed by atoms with E-state index in [1.54, 1.807) is 6.26 Å². The van der Waals surface area contributed by atoms with Crippen molar-refractivity contribution < 1.29 is 18.7 Å². The third-order valence-corrected chi connectivity index (χ3v) is 3.77. The van der Waals surface area contributed by atoms with Crippen LogP contribution in [0.2, 0.25) is 0 Å². The molecule has 0 unspecified atom stereocenters. The SMILES string of the molecule is CC(C)(C)OC(=O)NC[C@@H]1OCCc2c(-c3cocn3)cccc21. The molecule has 1 aliphatic heterocycles. The van der Waals surface area contributed by atoms with E-state index >= 15 is 0 Å². The van der Waals surface area contributed by atoms with E-state index in [2.05, 4.69) is 10.3 Å². The molecule has 1 aromatic carbocycles. The second-order valence-corrected chi connectivity index (χ2v) is 6.74. The second-order valence-electron chi connectivity index (χ2n) is 6.74. The molecule has 1 aromatic heterocycles. The first kappa shape index (κ1) is 16.5. The van der Waals surface area contributed by atoms with Crippen LogP contribution in [0.25, 0.3) is 11.3 Å². The molecular formula is C18H22N2O4. The number of ether oxygens (including phenoxy) is 2. The van der Waals surface area contributed by atoms with Gasteiger partial charge in [-0.15, -0.1) is 0 Å². The van der Waals surface area contributed by atoms with Crippen LogP contribution in [0, 0.1) is 0 Å². The van der Waals surface area contributed by atoms with Gasteiger partial charge in [0.2, 0.25) is 0 Å². The van der Waals surface area contributed by atoms with Crippen LogP contribution in [0.3, 0.4) is 0 Å². The normalized spacial score (nSPS) is 17.2. The summed E-state index contributed by atoms with van der Waals surface area (Å²) < 4.78 is 16.2. The molecule has 6 heteroatoms. The van der Waals surface area contributed by atoms with Gasteiger partial charge in [0, 0.05) is 5.56 Å². The van der Waals surface area contributed by atoms with Crippen molar-refractivity contribution in [1.29, 1.82) is 0 Å². The van der Waals surface area contributed by atoms with Gasteiger partial charge >= 0.3 is 6.09 Å². The summed E-state index contributed by atoms with van der Waals surface area (Å²) in [7, 11) is 0. The quantitative estimate of drug-likeness (QED) is 0.932. The van der Waals surface area contributed by atoms with E-state index in [0.29, 0.717) is 13.2 Å². The highest BCUT2D eigenvalue weighted by atomic mass is 16.6. The van der Waals surface area contributed by atoms with Crippen molar-refractivity contribution in [1.82, 2.24) is 10.3 Å². The van der Waals surface area contributed by atoms with E-state index in [1.165, 1.54) is 12.0 Å². The van der Waals surface area contributed by atoms with Gasteiger partial charge in [0.05, 0.1) is 13.2 Å². The van der Waals surface area contributed by atoms with Crippen LogP contribution in [0.4, 0.5) is 4.79 Å². The fourth-order valence-electron chi connectivity index (χ4n) is 2.82. The van der Waals surface area contributed by atoms with Crippen LogP contribution in [0.5, 0.6) is 0 Å². The minimum absolute atomic E-state index is 0.201. The van der Waals surface area contributed by atoms with Gasteiger partial charge in [-0.3, -0.25) is 0 Å². The number of carbonyl (C=O) groups excluding carboxylic acids is 1. The summed E-state index contributed by atoms with van der Waals surface area (Å²) in [5, 5.41) is 2.78. The van der Waals surface area contributed by atoms with Gasteiger partial charge in [0.1, 0.15) is 23.7 Å². The molecular weight excluding hydrogens is 308 g/mol. The average Bonchev–Trinajstić information content (AvgIpc) is 3.05. The average molecular weight is 330 g/mol. The highest BCUT2D eigenvalue weighted by Gasteiger charge is 2.25. The van der Waals surface area contributed by atoms with E-state index in [9.17, 15) is 4.79 Å². The molecule has 0 aliphatic carbocycles. The maximum atomic E-state index is 11.9. The van der Waals surface area contributed by atoms with Crippen molar-refractivity contribution in [3.05, 3.63) is 42.0 Å². The number of nitrogens with zero attached hydrogens (tertiary/aromatic N) is 1. The first-order valence-corrected chi connectivity index (χ1v) is 8.03. The molecule has 2 heterocycles. The fourth-order valence-corrected chi connectivity index (χ4v) is 2.82. The molecule has 0 fully saturated rings. The van der Waals surface area contributed by atoms with Crippen LogP contribution >= 0.6 is 0 Å². The van der Waals surface area contributed by atoms with Crippen molar-refractivity contribution in [2.45, 2.75) is 38.9 Å². The number of fused-ring (bicyclic) bond motifs is 1. The van der Waals surface area contributed by atoms with Gasteiger partial charge in [-0.1, -0.05) is 18.2 Å². The number of amides is 1. The monoisotopic (exact) mass is 330 g/mol. The van der Waals surface area contributed by atoms with Gasteiger partial charge in [-0.05, 0) is 38.3 Å². The molecule has 1 N–H and O–H groups in total. The van der Waals surface area contributed by atoms with Gasteiger partial charge in [0.25, 0.3) is 0 Å². The zero-order valence-electron chi connectivity index (χ0n) is 14.2. The lowest BCUT2D eigenvalue weighted by atomic mass is 9.91. The Bertz CT molecular complexity index is 704. The van der Waals surface area contributed by atoms with Crippen LogP contribution in [-0.4, -0.2) is 29.8 Å². The molecule has 0 saturated heterocycles. The Labute approximate surface area is 141 Å². The Balaban J connectivity index is 1.75. The number of nitrogens with one attached hydrogen (secondary N) is 1. The number of alkyl carbamates (subject to hydrolysis) is 1. The standard InChI is InChI=1S/C18H22N2O4/c1-18(2,3)24-17(21)19-9-16-14-6-4-5-13(12(14)7-8-23-16)15-10-22-11-20-15/h4-6,10-11,16H,7-9H2,1-3H3,(H,19,21)/t16-/m0/s1. The van der Waals surface area contributed by atoms with E-state index in [1.807, 2.05) is 39.0 Å². The number of rotatable bonds is 3. The largest absolute Gasteiger partial charge is 0.451 e. The first-order valence-electron chi connectivity index (χ1n) is 8.03. The highest BCUT2D eigenvalue weighted by molar-refractivity contribution is 5.68. The lowest BCUT2D eigenvalue weighted by Crippen LogP contribution is -2.36. The summed E-state index contributed by atoms with van der Waals surface area (Å²) in [5.74, 6) is 0. The predicted molar refractivity (Wildman–Crippen MR) is 88.6 cm³/mol. The first-order chi connectivity index (χ1) is 11.4. The third kappa shape index (κ3) is 3.76. The minimum atomic E-state index is -0.518. The Morgan fingerprint density at radius 2 is 2.25 bits per heavy atom. The molecule has 1 atom stereocenters. The molecule has 1 amide bonds. The number of hydrogen-bond acceptors (Lipinski definition) is 5. The maximum absolute atomic E-state index is 11.9. The summed E-state index contributed by atoms with van der Waals surface area (Å²) >= 11 is 0. The molecule has 0 saturated carbocycles. The Hall–Kier alpha value is -2.34. The van der Waals surface area contributed by atoms with Crippen molar-refractivity contribution in [3.63, 3.8) is 0 Å². The summed E-state index contributed by atoms with van der Waals surface area (Å²) in [6, 6.07) is 6.03. The molecule has 24 heavy (non-hydrogen) atoms. The second kappa shape index (κ2) is 6.65. The van der Waals surface area contributed by atoms with Gasteiger partial charge < -0.3 is 19.2 Å². The zero-order chi connectivity index (χ0) is 17.2. The summed E-state index contributed by atoms with van der Waals surface area (Å²) in [6.07, 6.45) is 3.23. The predicted octanol–water partition coefficient (Wildman–Crippen LogP) is 3.48. The van der Waals surface area contributed by atoms with Crippen molar-refractivity contribution in [3.8, 4) is 11.3 Å². The third-order valence-electron chi connectivity index (χ3n) is 3.77. The molecule has 0 bridgehead atoms. The zero-order valence-corrected chi connectivity index (χ0v) is 14.2. The van der Waals surface area contributed by atoms with E-state index in [-0.39, 0.29) is 6.10 Å².